The van der Waals surface area contributed by atoms with E-state index in [1.165, 1.54) is 11.3 Å². The molecule has 32 heavy (non-hydrogen) atoms. The smallest absolute Gasteiger partial charge is 0.257 e. The van der Waals surface area contributed by atoms with Crippen molar-refractivity contribution < 1.29 is 23.7 Å². The van der Waals surface area contributed by atoms with Crippen molar-refractivity contribution in [2.24, 2.45) is 0 Å². The van der Waals surface area contributed by atoms with Crippen LogP contribution in [-0.2, 0) is 4.74 Å². The maximum atomic E-state index is 12.8. The number of ether oxygens (including phenoxy) is 4. The van der Waals surface area contributed by atoms with Gasteiger partial charge in [-0.15, -0.1) is 11.3 Å². The average Bonchev–Trinajstić information content (AvgIpc) is 3.33. The second-order valence-electron chi connectivity index (χ2n) is 6.69. The molecule has 0 radical (unpaired) electrons. The Morgan fingerprint density at radius 3 is 2.69 bits per heavy atom. The van der Waals surface area contributed by atoms with Crippen molar-refractivity contribution in [2.75, 3.05) is 39.9 Å². The zero-order valence-corrected chi connectivity index (χ0v) is 19.1. The van der Waals surface area contributed by atoms with Crippen LogP contribution in [0.1, 0.15) is 27.9 Å². The van der Waals surface area contributed by atoms with Gasteiger partial charge >= 0.3 is 0 Å². The summed E-state index contributed by atoms with van der Waals surface area (Å²) in [4.78, 5) is 16.9. The van der Waals surface area contributed by atoms with Crippen molar-refractivity contribution in [3.63, 3.8) is 0 Å². The molecular weight excluding hydrogens is 428 g/mol. The first-order valence-electron chi connectivity index (χ1n) is 10.0. The molecule has 1 amide bonds. The van der Waals surface area contributed by atoms with E-state index in [0.717, 1.165) is 17.5 Å². The molecule has 0 fully saturated rings. The Morgan fingerprint density at radius 2 is 1.97 bits per heavy atom. The Hall–Kier alpha value is -3.36. The van der Waals surface area contributed by atoms with Crippen molar-refractivity contribution in [1.82, 2.24) is 4.98 Å². The van der Waals surface area contributed by atoms with Gasteiger partial charge in [-0.25, -0.2) is 4.98 Å². The van der Waals surface area contributed by atoms with Gasteiger partial charge in [0.25, 0.3) is 5.91 Å². The molecule has 168 valence electrons. The number of carbonyl (C=O) groups excluding carboxylic acids is 1. The maximum Gasteiger partial charge on any atom is 0.257 e. The Kier molecular flexibility index (Phi) is 8.65. The zero-order valence-electron chi connectivity index (χ0n) is 18.3. The first-order valence-corrected chi connectivity index (χ1v) is 10.9. The number of carbonyl (C=O) groups is 1. The maximum absolute atomic E-state index is 12.8. The third-order valence-corrected chi connectivity index (χ3v) is 5.18. The number of methoxy groups -OCH3 is 3. The van der Waals surface area contributed by atoms with Crippen LogP contribution in [0, 0.1) is 0 Å². The molecule has 2 aromatic carbocycles. The van der Waals surface area contributed by atoms with Gasteiger partial charge in [0.15, 0.2) is 16.6 Å². The quantitative estimate of drug-likeness (QED) is 0.325. The van der Waals surface area contributed by atoms with Crippen LogP contribution in [0.25, 0.3) is 12.2 Å². The Labute approximate surface area is 191 Å². The van der Waals surface area contributed by atoms with Gasteiger partial charge in [-0.05, 0) is 29.8 Å². The van der Waals surface area contributed by atoms with E-state index in [1.54, 1.807) is 45.0 Å². The molecule has 0 saturated carbocycles. The van der Waals surface area contributed by atoms with Gasteiger partial charge in [0.1, 0.15) is 5.75 Å². The molecule has 1 N–H and O–H groups in total. The molecule has 0 aliphatic rings. The number of anilines is 1. The van der Waals surface area contributed by atoms with E-state index < -0.39 is 0 Å². The highest BCUT2D eigenvalue weighted by atomic mass is 32.1. The molecule has 0 spiro atoms. The molecule has 3 aromatic rings. The first kappa shape index (κ1) is 23.3. The summed E-state index contributed by atoms with van der Waals surface area (Å²) in [5.74, 6) is 1.63. The molecular formula is C24H26N2O5S. The van der Waals surface area contributed by atoms with E-state index in [9.17, 15) is 4.79 Å². The van der Waals surface area contributed by atoms with Gasteiger partial charge in [-0.3, -0.25) is 10.1 Å². The number of nitrogens with one attached hydrogen (secondary N) is 1. The first-order chi connectivity index (χ1) is 15.6. The highest BCUT2D eigenvalue weighted by molar-refractivity contribution is 7.13. The van der Waals surface area contributed by atoms with Crippen molar-refractivity contribution >= 4 is 34.5 Å². The third-order valence-electron chi connectivity index (χ3n) is 4.49. The lowest BCUT2D eigenvalue weighted by atomic mass is 10.1. The van der Waals surface area contributed by atoms with Crippen molar-refractivity contribution in [3.8, 4) is 17.2 Å². The van der Waals surface area contributed by atoms with Crippen LogP contribution in [0.2, 0.25) is 0 Å². The van der Waals surface area contributed by atoms with E-state index >= 15 is 0 Å². The van der Waals surface area contributed by atoms with Crippen LogP contribution >= 0.6 is 11.3 Å². The standard InChI is InChI=1S/C24H26N2O5S/c1-28-11-5-12-31-20-15-17(8-9-18-6-4-7-21(29-2)22(18)30-3)14-19(16-20)23(27)26-24-25-10-13-32-24/h4,6-10,13-16H,5,11-12H2,1-3H3,(H,25,26,27)/b9-8+. The number of aromatic nitrogens is 1. The number of hydrogen-bond acceptors (Lipinski definition) is 7. The van der Waals surface area contributed by atoms with Gasteiger partial charge in [0, 0.05) is 42.8 Å². The fourth-order valence-electron chi connectivity index (χ4n) is 3.01. The minimum absolute atomic E-state index is 0.254. The largest absolute Gasteiger partial charge is 0.493 e. The number of amides is 1. The number of benzene rings is 2. The summed E-state index contributed by atoms with van der Waals surface area (Å²) >= 11 is 1.36. The Balaban J connectivity index is 1.88. The van der Waals surface area contributed by atoms with Crippen molar-refractivity contribution in [3.05, 3.63) is 64.7 Å². The van der Waals surface area contributed by atoms with Crippen LogP contribution in [-0.4, -0.2) is 45.4 Å². The molecule has 0 bridgehead atoms. The molecule has 0 atom stereocenters. The lowest BCUT2D eigenvalue weighted by Crippen LogP contribution is -2.12. The average molecular weight is 455 g/mol. The van der Waals surface area contributed by atoms with Crippen molar-refractivity contribution in [2.45, 2.75) is 6.42 Å². The highest BCUT2D eigenvalue weighted by Crippen LogP contribution is 2.32. The topological polar surface area (TPSA) is 78.9 Å². The van der Waals surface area contributed by atoms with Crippen LogP contribution in [0.5, 0.6) is 17.2 Å². The lowest BCUT2D eigenvalue weighted by molar-refractivity contribution is 0.102. The monoisotopic (exact) mass is 454 g/mol. The Morgan fingerprint density at radius 1 is 1.09 bits per heavy atom. The van der Waals surface area contributed by atoms with Crippen LogP contribution in [0.15, 0.2) is 48.0 Å². The van der Waals surface area contributed by atoms with Crippen LogP contribution in [0.3, 0.4) is 0 Å². The molecule has 8 heteroatoms. The fourth-order valence-corrected chi connectivity index (χ4v) is 3.53. The molecule has 0 saturated heterocycles. The molecule has 7 nitrogen and oxygen atoms in total. The highest BCUT2D eigenvalue weighted by Gasteiger charge is 2.11. The summed E-state index contributed by atoms with van der Waals surface area (Å²) in [6.07, 6.45) is 6.21. The SMILES string of the molecule is COCCCOc1cc(/C=C/c2cccc(OC)c2OC)cc(C(=O)Nc2nccs2)c1. The summed E-state index contributed by atoms with van der Waals surface area (Å²) in [6.45, 7) is 1.09. The molecule has 1 heterocycles. The molecule has 0 unspecified atom stereocenters. The molecule has 0 aliphatic heterocycles. The van der Waals surface area contributed by atoms with Crippen molar-refractivity contribution in [1.29, 1.82) is 0 Å². The van der Waals surface area contributed by atoms with E-state index in [2.05, 4.69) is 10.3 Å². The second-order valence-corrected chi connectivity index (χ2v) is 7.59. The van der Waals surface area contributed by atoms with E-state index in [4.69, 9.17) is 18.9 Å². The van der Waals surface area contributed by atoms with Gasteiger partial charge < -0.3 is 18.9 Å². The number of hydrogen-bond donors (Lipinski definition) is 1. The summed E-state index contributed by atoms with van der Waals surface area (Å²) in [7, 11) is 4.85. The predicted octanol–water partition coefficient (Wildman–Crippen LogP) is 5.00. The van der Waals surface area contributed by atoms with Gasteiger partial charge in [-0.2, -0.15) is 0 Å². The number of rotatable bonds is 11. The van der Waals surface area contributed by atoms with E-state index in [-0.39, 0.29) is 5.91 Å². The van der Waals surface area contributed by atoms with Crippen LogP contribution in [0.4, 0.5) is 5.13 Å². The molecule has 0 aliphatic carbocycles. The predicted molar refractivity (Wildman–Crippen MR) is 127 cm³/mol. The Bertz CT molecular complexity index is 1050. The summed E-state index contributed by atoms with van der Waals surface area (Å²) in [6, 6.07) is 11.1. The minimum atomic E-state index is -0.254. The summed E-state index contributed by atoms with van der Waals surface area (Å²) in [5, 5.41) is 5.16. The summed E-state index contributed by atoms with van der Waals surface area (Å²) < 4.78 is 21.8. The lowest BCUT2D eigenvalue weighted by Gasteiger charge is -2.11. The fraction of sp³-hybridized carbons (Fsp3) is 0.250. The van der Waals surface area contributed by atoms with E-state index in [1.807, 2.05) is 36.4 Å². The number of thiazole rings is 1. The normalized spacial score (nSPS) is 10.8. The van der Waals surface area contributed by atoms with Gasteiger partial charge in [-0.1, -0.05) is 24.3 Å². The number of nitrogens with zero attached hydrogens (tertiary/aromatic N) is 1. The van der Waals surface area contributed by atoms with Crippen LogP contribution < -0.4 is 19.5 Å². The minimum Gasteiger partial charge on any atom is -0.493 e. The third kappa shape index (κ3) is 6.32. The van der Waals surface area contributed by atoms with Gasteiger partial charge in [0.2, 0.25) is 0 Å². The molecule has 3 rings (SSSR count). The van der Waals surface area contributed by atoms with E-state index in [0.29, 0.717) is 41.2 Å². The summed E-state index contributed by atoms with van der Waals surface area (Å²) in [5.41, 5.74) is 2.14. The molecule has 1 aromatic heterocycles. The number of para-hydroxylation sites is 1. The zero-order chi connectivity index (χ0) is 22.8. The van der Waals surface area contributed by atoms with Gasteiger partial charge in [0.05, 0.1) is 20.8 Å². The second kappa shape index (κ2) is 11.9.